The third kappa shape index (κ3) is 4.02. The van der Waals surface area contributed by atoms with Crippen LogP contribution in [0.5, 0.6) is 0 Å². The van der Waals surface area contributed by atoms with Gasteiger partial charge in [-0.25, -0.2) is 21.2 Å². The van der Waals surface area contributed by atoms with Crippen molar-refractivity contribution in [1.29, 1.82) is 0 Å². The molecular formula is C17H23FN2O5S2. The number of nitrogens with zero attached hydrogens (tertiary/aromatic N) is 1. The molecule has 2 N–H and O–H groups in total. The van der Waals surface area contributed by atoms with Gasteiger partial charge >= 0.3 is 0 Å². The molecule has 150 valence electrons. The number of piperidine rings is 1. The van der Waals surface area contributed by atoms with Gasteiger partial charge in [-0.3, -0.25) is 9.69 Å². The number of carbonyl (C=O) groups excluding carboxylic acids is 1. The topological polar surface area (TPSA) is 115 Å². The van der Waals surface area contributed by atoms with Crippen LogP contribution in [0.4, 0.5) is 4.39 Å². The molecule has 2 aliphatic rings. The molecule has 2 heterocycles. The number of primary amides is 1. The molecule has 10 heteroatoms. The van der Waals surface area contributed by atoms with Crippen LogP contribution in [0.25, 0.3) is 0 Å². The fraction of sp³-hybridized carbons (Fsp3) is 0.588. The van der Waals surface area contributed by atoms with E-state index in [4.69, 9.17) is 5.73 Å². The van der Waals surface area contributed by atoms with Gasteiger partial charge in [0.15, 0.2) is 19.7 Å². The third-order valence-electron chi connectivity index (χ3n) is 5.52. The smallest absolute Gasteiger partial charge is 0.220 e. The maximum Gasteiger partial charge on any atom is 0.220 e. The quantitative estimate of drug-likeness (QED) is 0.702. The van der Waals surface area contributed by atoms with Crippen LogP contribution in [0.15, 0.2) is 23.1 Å². The van der Waals surface area contributed by atoms with Gasteiger partial charge in [0.05, 0.1) is 21.7 Å². The Hall–Kier alpha value is -1.52. The van der Waals surface area contributed by atoms with E-state index in [0.29, 0.717) is 25.9 Å². The third-order valence-corrected chi connectivity index (χ3v) is 9.79. The molecule has 1 aromatic rings. The lowest BCUT2D eigenvalue weighted by atomic mass is 9.95. The van der Waals surface area contributed by atoms with E-state index in [1.54, 1.807) is 0 Å². The number of hydrogen-bond donors (Lipinski definition) is 1. The predicted molar refractivity (Wildman–Crippen MR) is 98.0 cm³/mol. The largest absolute Gasteiger partial charge is 0.369 e. The molecule has 2 aliphatic heterocycles. The predicted octanol–water partition coefficient (Wildman–Crippen LogP) is 0.271. The molecule has 2 atom stereocenters. The first-order chi connectivity index (χ1) is 12.5. The van der Waals surface area contributed by atoms with Crippen LogP contribution in [-0.2, 0) is 24.5 Å². The molecule has 1 amide bonds. The fourth-order valence-electron chi connectivity index (χ4n) is 4.04. The van der Waals surface area contributed by atoms with Crippen LogP contribution < -0.4 is 5.73 Å². The van der Waals surface area contributed by atoms with Crippen molar-refractivity contribution in [2.75, 3.05) is 24.6 Å². The number of halogens is 1. The number of likely N-dealkylation sites (tertiary alicyclic amines) is 1. The lowest BCUT2D eigenvalue weighted by Gasteiger charge is -2.36. The second-order valence-corrected chi connectivity index (χ2v) is 11.6. The van der Waals surface area contributed by atoms with E-state index < -0.39 is 42.5 Å². The molecule has 0 radical (unpaired) electrons. The van der Waals surface area contributed by atoms with Crippen molar-refractivity contribution in [1.82, 2.24) is 4.90 Å². The zero-order valence-electron chi connectivity index (χ0n) is 15.0. The van der Waals surface area contributed by atoms with Crippen LogP contribution in [0.2, 0.25) is 0 Å². The number of hydrogen-bond acceptors (Lipinski definition) is 6. The monoisotopic (exact) mass is 418 g/mol. The number of benzene rings is 1. The Kier molecular flexibility index (Phi) is 5.35. The number of amides is 1. The highest BCUT2D eigenvalue weighted by Gasteiger charge is 2.49. The van der Waals surface area contributed by atoms with Crippen molar-refractivity contribution in [2.45, 2.75) is 36.0 Å². The van der Waals surface area contributed by atoms with E-state index in [0.717, 1.165) is 12.1 Å². The average Bonchev–Trinajstić information content (AvgIpc) is 2.91. The zero-order chi connectivity index (χ0) is 20.0. The Labute approximate surface area is 158 Å². The van der Waals surface area contributed by atoms with Crippen LogP contribution in [0, 0.1) is 18.7 Å². The Morgan fingerprint density at radius 3 is 2.41 bits per heavy atom. The van der Waals surface area contributed by atoms with Gasteiger partial charge in [0.1, 0.15) is 5.82 Å². The summed E-state index contributed by atoms with van der Waals surface area (Å²) in [5.41, 5.74) is 5.59. The van der Waals surface area contributed by atoms with E-state index in [-0.39, 0.29) is 28.0 Å². The highest BCUT2D eigenvalue weighted by atomic mass is 32.2. The highest BCUT2D eigenvalue weighted by molar-refractivity contribution is 7.96. The van der Waals surface area contributed by atoms with E-state index in [2.05, 4.69) is 0 Å². The van der Waals surface area contributed by atoms with E-state index >= 15 is 0 Å². The SMILES string of the molecule is Cc1cc(F)ccc1S(=O)(=O)[C@H]1CS(=O)(=O)C[C@@H]1N1CCC(C(N)=O)CC1. The number of rotatable bonds is 4. The molecule has 7 nitrogen and oxygen atoms in total. The molecule has 2 saturated heterocycles. The fourth-order valence-corrected chi connectivity index (χ4v) is 9.10. The molecule has 0 aromatic heterocycles. The summed E-state index contributed by atoms with van der Waals surface area (Å²) in [7, 11) is -7.49. The van der Waals surface area contributed by atoms with E-state index in [9.17, 15) is 26.0 Å². The first-order valence-corrected chi connectivity index (χ1v) is 12.1. The number of carbonyl (C=O) groups is 1. The molecule has 0 spiro atoms. The number of sulfone groups is 2. The van der Waals surface area contributed by atoms with E-state index in [1.165, 1.54) is 13.0 Å². The minimum Gasteiger partial charge on any atom is -0.369 e. The highest BCUT2D eigenvalue weighted by Crippen LogP contribution is 2.32. The first-order valence-electron chi connectivity index (χ1n) is 8.75. The van der Waals surface area contributed by atoms with Gasteiger partial charge in [0.25, 0.3) is 0 Å². The molecule has 3 rings (SSSR count). The van der Waals surface area contributed by atoms with Crippen LogP contribution in [0.3, 0.4) is 0 Å². The average molecular weight is 419 g/mol. The molecule has 1 aromatic carbocycles. The van der Waals surface area contributed by atoms with Gasteiger partial charge in [-0.05, 0) is 56.6 Å². The van der Waals surface area contributed by atoms with Gasteiger partial charge in [0, 0.05) is 12.0 Å². The molecular weight excluding hydrogens is 395 g/mol. The maximum atomic E-state index is 13.4. The van der Waals surface area contributed by atoms with Crippen molar-refractivity contribution in [3.8, 4) is 0 Å². The van der Waals surface area contributed by atoms with Gasteiger partial charge in [-0.2, -0.15) is 0 Å². The van der Waals surface area contributed by atoms with Gasteiger partial charge < -0.3 is 5.73 Å². The van der Waals surface area contributed by atoms with E-state index in [1.807, 2.05) is 4.90 Å². The Morgan fingerprint density at radius 1 is 1.22 bits per heavy atom. The summed E-state index contributed by atoms with van der Waals surface area (Å²) < 4.78 is 64.3. The molecule has 2 fully saturated rings. The summed E-state index contributed by atoms with van der Waals surface area (Å²) >= 11 is 0. The lowest BCUT2D eigenvalue weighted by Crippen LogP contribution is -2.50. The maximum absolute atomic E-state index is 13.4. The second-order valence-electron chi connectivity index (χ2n) is 7.35. The molecule has 0 bridgehead atoms. The minimum absolute atomic E-state index is 0.0389. The molecule has 0 aliphatic carbocycles. The first kappa shape index (κ1) is 20.2. The number of aryl methyl sites for hydroxylation is 1. The summed E-state index contributed by atoms with van der Waals surface area (Å²) in [4.78, 5) is 13.1. The van der Waals surface area contributed by atoms with Crippen LogP contribution >= 0.6 is 0 Å². The summed E-state index contributed by atoms with van der Waals surface area (Å²) in [6.07, 6.45) is 0.961. The Morgan fingerprint density at radius 2 is 1.85 bits per heavy atom. The molecule has 0 unspecified atom stereocenters. The summed E-state index contributed by atoms with van der Waals surface area (Å²) in [5, 5.41) is -1.11. The van der Waals surface area contributed by atoms with Crippen LogP contribution in [-0.4, -0.2) is 63.5 Å². The van der Waals surface area contributed by atoms with Crippen molar-refractivity contribution in [2.24, 2.45) is 11.7 Å². The minimum atomic E-state index is -3.96. The lowest BCUT2D eigenvalue weighted by molar-refractivity contribution is -0.123. The Balaban J connectivity index is 1.91. The summed E-state index contributed by atoms with van der Waals surface area (Å²) in [6.45, 7) is 2.33. The normalized spacial score (nSPS) is 26.9. The van der Waals surface area contributed by atoms with Crippen molar-refractivity contribution >= 4 is 25.6 Å². The summed E-state index contributed by atoms with van der Waals surface area (Å²) in [5.74, 6) is -1.89. The second kappa shape index (κ2) is 7.14. The van der Waals surface area contributed by atoms with Crippen molar-refractivity contribution in [3.63, 3.8) is 0 Å². The van der Waals surface area contributed by atoms with Crippen molar-refractivity contribution < 1.29 is 26.0 Å². The number of nitrogens with two attached hydrogens (primary N) is 1. The Bertz CT molecular complexity index is 954. The van der Waals surface area contributed by atoms with Crippen molar-refractivity contribution in [3.05, 3.63) is 29.6 Å². The van der Waals surface area contributed by atoms with Gasteiger partial charge in [-0.1, -0.05) is 0 Å². The molecule has 0 saturated carbocycles. The summed E-state index contributed by atoms with van der Waals surface area (Å²) in [6, 6.07) is 2.71. The van der Waals surface area contributed by atoms with Gasteiger partial charge in [-0.15, -0.1) is 0 Å². The standard InChI is InChI=1S/C17H23FN2O5S2/c1-11-8-13(18)2-3-15(11)27(24,25)16-10-26(22,23)9-14(16)20-6-4-12(5-7-20)17(19)21/h2-3,8,12,14,16H,4-7,9-10H2,1H3,(H2,19,21)/t14-,16-/m0/s1. The molecule has 27 heavy (non-hydrogen) atoms. The zero-order valence-corrected chi connectivity index (χ0v) is 16.6. The van der Waals surface area contributed by atoms with Gasteiger partial charge in [0.2, 0.25) is 5.91 Å². The van der Waals surface area contributed by atoms with Crippen LogP contribution in [0.1, 0.15) is 18.4 Å².